The number of hydrogen-bond acceptors (Lipinski definition) is 3. The molecule has 19 heavy (non-hydrogen) atoms. The summed E-state index contributed by atoms with van der Waals surface area (Å²) in [6, 6.07) is 6.31. The summed E-state index contributed by atoms with van der Waals surface area (Å²) in [7, 11) is 0. The first-order chi connectivity index (χ1) is 9.06. The molecule has 1 aromatic carbocycles. The van der Waals surface area contributed by atoms with Gasteiger partial charge in [-0.1, -0.05) is 22.0 Å². The number of hydrogen-bond donors (Lipinski definition) is 2. The van der Waals surface area contributed by atoms with E-state index in [0.29, 0.717) is 0 Å². The van der Waals surface area contributed by atoms with Crippen molar-refractivity contribution in [1.29, 1.82) is 0 Å². The summed E-state index contributed by atoms with van der Waals surface area (Å²) in [5, 5.41) is 12.2. The molecule has 1 atom stereocenters. The van der Waals surface area contributed by atoms with E-state index >= 15 is 0 Å². The third kappa shape index (κ3) is 3.94. The number of rotatable bonds is 3. The highest BCUT2D eigenvalue weighted by atomic mass is 79.9. The fourth-order valence-electron chi connectivity index (χ4n) is 2.36. The van der Waals surface area contributed by atoms with E-state index in [-0.39, 0.29) is 12.5 Å². The van der Waals surface area contributed by atoms with Crippen LogP contribution in [-0.2, 0) is 4.79 Å². The van der Waals surface area contributed by atoms with Crippen molar-refractivity contribution in [2.45, 2.75) is 25.8 Å². The Morgan fingerprint density at radius 1 is 1.58 bits per heavy atom. The Morgan fingerprint density at radius 2 is 2.37 bits per heavy atom. The number of carbonyl (C=O) groups is 1. The van der Waals surface area contributed by atoms with E-state index in [1.807, 2.05) is 0 Å². The normalized spacial score (nSPS) is 20.1. The van der Waals surface area contributed by atoms with Crippen LogP contribution in [-0.4, -0.2) is 36.8 Å². The molecule has 1 aliphatic rings. The monoisotopic (exact) mass is 326 g/mol. The van der Waals surface area contributed by atoms with Gasteiger partial charge < -0.3 is 15.3 Å². The van der Waals surface area contributed by atoms with Crippen LogP contribution in [0.1, 0.15) is 18.4 Å². The van der Waals surface area contributed by atoms with Crippen LogP contribution >= 0.6 is 15.9 Å². The number of nitrogens with zero attached hydrogens (tertiary/aromatic N) is 1. The number of carboxylic acids is 1. The fourth-order valence-corrected chi connectivity index (χ4v) is 2.73. The van der Waals surface area contributed by atoms with Gasteiger partial charge in [-0.25, -0.2) is 0 Å². The average Bonchev–Trinajstić information content (AvgIpc) is 2.57. The Morgan fingerprint density at radius 3 is 3.05 bits per heavy atom. The van der Waals surface area contributed by atoms with Gasteiger partial charge >= 0.3 is 5.97 Å². The number of halogens is 1. The molecule has 0 spiro atoms. The number of aryl methyl sites for hydroxylation is 1. The Labute approximate surface area is 121 Å². The molecule has 0 bridgehead atoms. The number of benzene rings is 1. The largest absolute Gasteiger partial charge is 0.481 e. The third-order valence-electron chi connectivity index (χ3n) is 3.42. The number of aliphatic carboxylic acids is 1. The minimum absolute atomic E-state index is 0.0140. The molecular formula is C14H19BrN2O2. The summed E-state index contributed by atoms with van der Waals surface area (Å²) < 4.78 is 1.09. The van der Waals surface area contributed by atoms with Crippen molar-refractivity contribution in [3.05, 3.63) is 28.2 Å². The highest BCUT2D eigenvalue weighted by Gasteiger charge is 2.20. The van der Waals surface area contributed by atoms with E-state index < -0.39 is 5.97 Å². The molecule has 1 aromatic rings. The van der Waals surface area contributed by atoms with E-state index in [1.54, 1.807) is 0 Å². The van der Waals surface area contributed by atoms with Crippen molar-refractivity contribution in [3.8, 4) is 0 Å². The van der Waals surface area contributed by atoms with Crippen LogP contribution < -0.4 is 10.2 Å². The SMILES string of the molecule is Cc1ccc(N2CCCNC(CC(=O)O)C2)cc1Br. The van der Waals surface area contributed by atoms with Crippen LogP contribution in [0, 0.1) is 6.92 Å². The first-order valence-corrected chi connectivity index (χ1v) is 7.32. The van der Waals surface area contributed by atoms with Crippen LogP contribution in [0.4, 0.5) is 5.69 Å². The van der Waals surface area contributed by atoms with E-state index in [1.165, 1.54) is 5.56 Å². The molecule has 1 unspecified atom stereocenters. The highest BCUT2D eigenvalue weighted by Crippen LogP contribution is 2.24. The molecule has 0 aliphatic carbocycles. The molecule has 104 valence electrons. The van der Waals surface area contributed by atoms with Crippen LogP contribution in [0.25, 0.3) is 0 Å². The molecule has 0 amide bonds. The Kier molecular flexibility index (Phi) is 4.82. The Hall–Kier alpha value is -1.07. The van der Waals surface area contributed by atoms with Gasteiger partial charge in [-0.2, -0.15) is 0 Å². The summed E-state index contributed by atoms with van der Waals surface area (Å²) in [6.45, 7) is 4.63. The quantitative estimate of drug-likeness (QED) is 0.895. The molecule has 5 heteroatoms. The van der Waals surface area contributed by atoms with Gasteiger partial charge in [0.2, 0.25) is 0 Å². The maximum Gasteiger partial charge on any atom is 0.304 e. The Bertz CT molecular complexity index is 465. The molecule has 1 saturated heterocycles. The summed E-state index contributed by atoms with van der Waals surface area (Å²) >= 11 is 3.55. The number of carboxylic acid groups (broad SMARTS) is 1. The standard InChI is InChI=1S/C14H19BrN2O2/c1-10-3-4-12(8-13(10)15)17-6-2-5-16-11(9-17)7-14(18)19/h3-4,8,11,16H,2,5-7,9H2,1H3,(H,18,19). The van der Waals surface area contributed by atoms with Gasteiger partial charge in [0.15, 0.2) is 0 Å². The lowest BCUT2D eigenvalue weighted by Crippen LogP contribution is -2.39. The first-order valence-electron chi connectivity index (χ1n) is 6.52. The zero-order valence-corrected chi connectivity index (χ0v) is 12.6. The number of nitrogens with one attached hydrogen (secondary N) is 1. The maximum atomic E-state index is 10.9. The van der Waals surface area contributed by atoms with Crippen LogP contribution in [0.15, 0.2) is 22.7 Å². The summed E-state index contributed by atoms with van der Waals surface area (Å²) in [5.41, 5.74) is 2.36. The molecule has 2 rings (SSSR count). The Balaban J connectivity index is 2.12. The van der Waals surface area contributed by atoms with Crippen LogP contribution in [0.3, 0.4) is 0 Å². The highest BCUT2D eigenvalue weighted by molar-refractivity contribution is 9.10. The molecule has 0 aromatic heterocycles. The predicted octanol–water partition coefficient (Wildman–Crippen LogP) is 2.40. The maximum absolute atomic E-state index is 10.9. The second-order valence-corrected chi connectivity index (χ2v) is 5.84. The average molecular weight is 327 g/mol. The van der Waals surface area contributed by atoms with E-state index in [2.05, 4.69) is 51.3 Å². The van der Waals surface area contributed by atoms with Gasteiger partial charge in [-0.05, 0) is 37.6 Å². The van der Waals surface area contributed by atoms with Gasteiger partial charge in [0, 0.05) is 29.3 Å². The van der Waals surface area contributed by atoms with E-state index in [4.69, 9.17) is 5.11 Å². The molecular weight excluding hydrogens is 308 g/mol. The van der Waals surface area contributed by atoms with Gasteiger partial charge in [0.05, 0.1) is 6.42 Å². The van der Waals surface area contributed by atoms with Gasteiger partial charge in [0.1, 0.15) is 0 Å². The smallest absolute Gasteiger partial charge is 0.304 e. The van der Waals surface area contributed by atoms with Gasteiger partial charge in [0.25, 0.3) is 0 Å². The molecule has 0 saturated carbocycles. The first kappa shape index (κ1) is 14.3. The molecule has 1 heterocycles. The third-order valence-corrected chi connectivity index (χ3v) is 4.27. The molecule has 0 radical (unpaired) electrons. The fraction of sp³-hybridized carbons (Fsp3) is 0.500. The van der Waals surface area contributed by atoms with E-state index in [9.17, 15) is 4.79 Å². The summed E-state index contributed by atoms with van der Waals surface area (Å²) in [4.78, 5) is 13.1. The second kappa shape index (κ2) is 6.39. The second-order valence-electron chi connectivity index (χ2n) is 4.98. The molecule has 1 aliphatic heterocycles. The molecule has 4 nitrogen and oxygen atoms in total. The van der Waals surface area contributed by atoms with Crippen molar-refractivity contribution in [1.82, 2.24) is 5.32 Å². The molecule has 1 fully saturated rings. The van der Waals surface area contributed by atoms with Crippen molar-refractivity contribution < 1.29 is 9.90 Å². The lowest BCUT2D eigenvalue weighted by atomic mass is 10.1. The zero-order chi connectivity index (χ0) is 13.8. The lowest BCUT2D eigenvalue weighted by molar-refractivity contribution is -0.137. The van der Waals surface area contributed by atoms with Crippen molar-refractivity contribution >= 4 is 27.6 Å². The van der Waals surface area contributed by atoms with Crippen LogP contribution in [0.2, 0.25) is 0 Å². The minimum atomic E-state index is -0.746. The van der Waals surface area contributed by atoms with Crippen molar-refractivity contribution in [3.63, 3.8) is 0 Å². The predicted molar refractivity (Wildman–Crippen MR) is 79.8 cm³/mol. The van der Waals surface area contributed by atoms with Crippen molar-refractivity contribution in [2.75, 3.05) is 24.5 Å². The lowest BCUT2D eigenvalue weighted by Gasteiger charge is -2.26. The van der Waals surface area contributed by atoms with Crippen LogP contribution in [0.5, 0.6) is 0 Å². The van der Waals surface area contributed by atoms with Crippen molar-refractivity contribution in [2.24, 2.45) is 0 Å². The minimum Gasteiger partial charge on any atom is -0.481 e. The number of anilines is 1. The van der Waals surface area contributed by atoms with Gasteiger partial charge in [-0.3, -0.25) is 4.79 Å². The topological polar surface area (TPSA) is 52.6 Å². The molecule has 2 N–H and O–H groups in total. The van der Waals surface area contributed by atoms with Gasteiger partial charge in [-0.15, -0.1) is 0 Å². The van der Waals surface area contributed by atoms with E-state index in [0.717, 1.165) is 36.2 Å². The zero-order valence-electron chi connectivity index (χ0n) is 11.0. The summed E-state index contributed by atoms with van der Waals surface area (Å²) in [6.07, 6.45) is 1.20. The summed E-state index contributed by atoms with van der Waals surface area (Å²) in [5.74, 6) is -0.746.